The van der Waals surface area contributed by atoms with E-state index in [9.17, 15) is 13.6 Å². The molecule has 6 heteroatoms. The average molecular weight is 304 g/mol. The van der Waals surface area contributed by atoms with E-state index in [1.165, 1.54) is 6.07 Å². The summed E-state index contributed by atoms with van der Waals surface area (Å²) in [5.74, 6) is -1.80. The maximum atomic E-state index is 13.2. The first-order valence-corrected chi connectivity index (χ1v) is 6.95. The van der Waals surface area contributed by atoms with Gasteiger partial charge < -0.3 is 9.64 Å². The zero-order chi connectivity index (χ0) is 15.5. The van der Waals surface area contributed by atoms with Crippen LogP contribution in [0.5, 0.6) is 5.88 Å². The number of halogens is 2. The highest BCUT2D eigenvalue weighted by Crippen LogP contribution is 2.19. The van der Waals surface area contributed by atoms with Crippen molar-refractivity contribution in [2.45, 2.75) is 12.5 Å². The molecule has 0 radical (unpaired) electrons. The Hall–Kier alpha value is -2.50. The van der Waals surface area contributed by atoms with E-state index < -0.39 is 11.6 Å². The second-order valence-electron chi connectivity index (χ2n) is 5.08. The molecule has 2 aromatic rings. The molecule has 1 aliphatic heterocycles. The number of aromatic nitrogens is 1. The standard InChI is InChI=1S/C16H14F2N2O2/c17-13-5-4-11(9-14(13)18)16(21)20-8-6-12(10-20)22-15-3-1-2-7-19-15/h1-5,7,9,12H,6,8,10H2. The van der Waals surface area contributed by atoms with Crippen LogP contribution in [0.3, 0.4) is 0 Å². The molecule has 1 aliphatic rings. The Labute approximate surface area is 126 Å². The van der Waals surface area contributed by atoms with Crippen LogP contribution < -0.4 is 4.74 Å². The average Bonchev–Trinajstić information content (AvgIpc) is 2.99. The molecule has 1 amide bonds. The smallest absolute Gasteiger partial charge is 0.254 e. The fourth-order valence-electron chi connectivity index (χ4n) is 2.41. The van der Waals surface area contributed by atoms with Gasteiger partial charge in [0, 0.05) is 30.8 Å². The van der Waals surface area contributed by atoms with Gasteiger partial charge in [-0.2, -0.15) is 0 Å². The van der Waals surface area contributed by atoms with Crippen LogP contribution in [0.1, 0.15) is 16.8 Å². The normalized spacial score (nSPS) is 17.5. The predicted molar refractivity (Wildman–Crippen MR) is 75.5 cm³/mol. The lowest BCUT2D eigenvalue weighted by molar-refractivity contribution is 0.0770. The molecule has 0 bridgehead atoms. The summed E-state index contributed by atoms with van der Waals surface area (Å²) in [5.41, 5.74) is 0.136. The largest absolute Gasteiger partial charge is 0.472 e. The third-order valence-electron chi connectivity index (χ3n) is 3.52. The first-order valence-electron chi connectivity index (χ1n) is 6.95. The van der Waals surface area contributed by atoms with E-state index in [2.05, 4.69) is 4.98 Å². The Kier molecular flexibility index (Phi) is 4.00. The fourth-order valence-corrected chi connectivity index (χ4v) is 2.41. The zero-order valence-corrected chi connectivity index (χ0v) is 11.7. The molecule has 1 aromatic heterocycles. The van der Waals surface area contributed by atoms with Crippen molar-refractivity contribution >= 4 is 5.91 Å². The lowest BCUT2D eigenvalue weighted by Crippen LogP contribution is -2.31. The number of likely N-dealkylation sites (tertiary alicyclic amines) is 1. The lowest BCUT2D eigenvalue weighted by atomic mass is 10.2. The molecule has 1 unspecified atom stereocenters. The van der Waals surface area contributed by atoms with Crippen LogP contribution in [0, 0.1) is 11.6 Å². The molecule has 0 aliphatic carbocycles. The van der Waals surface area contributed by atoms with Crippen molar-refractivity contribution < 1.29 is 18.3 Å². The van der Waals surface area contributed by atoms with Crippen LogP contribution in [0.25, 0.3) is 0 Å². The Morgan fingerprint density at radius 2 is 2.09 bits per heavy atom. The first-order chi connectivity index (χ1) is 10.6. The van der Waals surface area contributed by atoms with E-state index in [0.717, 1.165) is 12.1 Å². The van der Waals surface area contributed by atoms with Crippen LogP contribution in [0.15, 0.2) is 42.6 Å². The highest BCUT2D eigenvalue weighted by Gasteiger charge is 2.28. The van der Waals surface area contributed by atoms with E-state index >= 15 is 0 Å². The summed E-state index contributed by atoms with van der Waals surface area (Å²) < 4.78 is 31.8. The SMILES string of the molecule is O=C(c1ccc(F)c(F)c1)N1CCC(Oc2ccccn2)C1. The number of nitrogens with zero attached hydrogens (tertiary/aromatic N) is 2. The second-order valence-corrected chi connectivity index (χ2v) is 5.08. The molecule has 1 saturated heterocycles. The summed E-state index contributed by atoms with van der Waals surface area (Å²) in [6.45, 7) is 0.906. The third kappa shape index (κ3) is 3.05. The molecule has 0 N–H and O–H groups in total. The van der Waals surface area contributed by atoms with Crippen molar-refractivity contribution in [3.05, 3.63) is 59.8 Å². The number of rotatable bonds is 3. The van der Waals surface area contributed by atoms with Crippen molar-refractivity contribution in [2.75, 3.05) is 13.1 Å². The van der Waals surface area contributed by atoms with E-state index in [1.807, 2.05) is 6.07 Å². The molecular formula is C16H14F2N2O2. The zero-order valence-electron chi connectivity index (χ0n) is 11.7. The highest BCUT2D eigenvalue weighted by atomic mass is 19.2. The number of pyridine rings is 1. The molecule has 0 spiro atoms. The van der Waals surface area contributed by atoms with Gasteiger partial charge in [-0.3, -0.25) is 4.79 Å². The molecule has 4 nitrogen and oxygen atoms in total. The number of benzene rings is 1. The quantitative estimate of drug-likeness (QED) is 0.875. The number of amides is 1. The summed E-state index contributed by atoms with van der Waals surface area (Å²) in [7, 11) is 0. The topological polar surface area (TPSA) is 42.4 Å². The third-order valence-corrected chi connectivity index (χ3v) is 3.52. The Morgan fingerprint density at radius 1 is 1.23 bits per heavy atom. The van der Waals surface area contributed by atoms with Gasteiger partial charge in [0.05, 0.1) is 6.54 Å². The molecule has 1 atom stereocenters. The first kappa shape index (κ1) is 14.4. The van der Waals surface area contributed by atoms with Gasteiger partial charge in [-0.25, -0.2) is 13.8 Å². The summed E-state index contributed by atoms with van der Waals surface area (Å²) in [5, 5.41) is 0. The van der Waals surface area contributed by atoms with Crippen molar-refractivity contribution in [1.82, 2.24) is 9.88 Å². The maximum Gasteiger partial charge on any atom is 0.254 e. The maximum absolute atomic E-state index is 13.2. The van der Waals surface area contributed by atoms with Crippen LogP contribution in [-0.2, 0) is 0 Å². The Morgan fingerprint density at radius 3 is 2.82 bits per heavy atom. The van der Waals surface area contributed by atoms with E-state index in [-0.39, 0.29) is 17.6 Å². The predicted octanol–water partition coefficient (Wildman–Crippen LogP) is 2.65. The minimum atomic E-state index is -1.02. The van der Waals surface area contributed by atoms with Crippen molar-refractivity contribution in [3.8, 4) is 5.88 Å². The monoisotopic (exact) mass is 304 g/mol. The number of carbonyl (C=O) groups is 1. The van der Waals surface area contributed by atoms with Crippen LogP contribution >= 0.6 is 0 Å². The Bertz CT molecular complexity index is 679. The second kappa shape index (κ2) is 6.09. The van der Waals surface area contributed by atoms with Crippen molar-refractivity contribution in [1.29, 1.82) is 0 Å². The van der Waals surface area contributed by atoms with Crippen LogP contribution in [0.2, 0.25) is 0 Å². The van der Waals surface area contributed by atoms with Gasteiger partial charge in [-0.05, 0) is 24.3 Å². The molecule has 3 rings (SSSR count). The molecule has 1 aromatic carbocycles. The minimum Gasteiger partial charge on any atom is -0.472 e. The molecule has 114 valence electrons. The minimum absolute atomic E-state index is 0.136. The van der Waals surface area contributed by atoms with Gasteiger partial charge in [0.15, 0.2) is 11.6 Å². The van der Waals surface area contributed by atoms with Gasteiger partial charge >= 0.3 is 0 Å². The van der Waals surface area contributed by atoms with E-state index in [1.54, 1.807) is 23.2 Å². The van der Waals surface area contributed by atoms with Crippen molar-refractivity contribution in [2.24, 2.45) is 0 Å². The Balaban J connectivity index is 1.64. The number of hydrogen-bond acceptors (Lipinski definition) is 3. The molecule has 22 heavy (non-hydrogen) atoms. The van der Waals surface area contributed by atoms with Crippen LogP contribution in [-0.4, -0.2) is 35.0 Å². The highest BCUT2D eigenvalue weighted by molar-refractivity contribution is 5.94. The summed E-state index contributed by atoms with van der Waals surface area (Å²) in [6.07, 6.45) is 2.16. The molecule has 1 fully saturated rings. The number of carbonyl (C=O) groups excluding carboxylic acids is 1. The summed E-state index contributed by atoms with van der Waals surface area (Å²) in [6, 6.07) is 8.53. The fraction of sp³-hybridized carbons (Fsp3) is 0.250. The lowest BCUT2D eigenvalue weighted by Gasteiger charge is -2.17. The summed E-state index contributed by atoms with van der Waals surface area (Å²) >= 11 is 0. The van der Waals surface area contributed by atoms with Gasteiger partial charge in [0.25, 0.3) is 5.91 Å². The van der Waals surface area contributed by atoms with Crippen LogP contribution in [0.4, 0.5) is 8.78 Å². The van der Waals surface area contributed by atoms with Crippen molar-refractivity contribution in [3.63, 3.8) is 0 Å². The van der Waals surface area contributed by atoms with E-state index in [0.29, 0.717) is 25.4 Å². The number of ether oxygens (including phenoxy) is 1. The molecular weight excluding hydrogens is 290 g/mol. The van der Waals surface area contributed by atoms with Gasteiger partial charge in [-0.1, -0.05) is 6.07 Å². The number of hydrogen-bond donors (Lipinski definition) is 0. The molecule has 2 heterocycles. The summed E-state index contributed by atoms with van der Waals surface area (Å²) in [4.78, 5) is 17.9. The van der Waals surface area contributed by atoms with E-state index in [4.69, 9.17) is 4.74 Å². The van der Waals surface area contributed by atoms with Gasteiger partial charge in [-0.15, -0.1) is 0 Å². The van der Waals surface area contributed by atoms with Gasteiger partial charge in [0.1, 0.15) is 6.10 Å². The molecule has 0 saturated carbocycles. The van der Waals surface area contributed by atoms with Gasteiger partial charge in [0.2, 0.25) is 5.88 Å².